The fourth-order valence-electron chi connectivity index (χ4n) is 17.7. The predicted molar refractivity (Wildman–Crippen MR) is 305 cm³/mol. The Kier molecular flexibility index (Phi) is 25.8. The van der Waals surface area contributed by atoms with E-state index in [1.165, 1.54) is 12.5 Å². The summed E-state index contributed by atoms with van der Waals surface area (Å²) >= 11 is 0. The Morgan fingerprint density at radius 2 is 1.26 bits per heavy atom. The van der Waals surface area contributed by atoms with E-state index in [4.69, 9.17) is 61.0 Å². The van der Waals surface area contributed by atoms with E-state index in [2.05, 4.69) is 24.1 Å². The molecule has 0 amide bonds. The van der Waals surface area contributed by atoms with Crippen molar-refractivity contribution in [2.45, 2.75) is 266 Å². The third-order valence-corrected chi connectivity index (χ3v) is 23.1. The van der Waals surface area contributed by atoms with Crippen molar-refractivity contribution >= 4 is 32.6 Å². The van der Waals surface area contributed by atoms with Crippen LogP contribution in [0.1, 0.15) is 113 Å². The van der Waals surface area contributed by atoms with Crippen molar-refractivity contribution in [3.8, 4) is 0 Å². The van der Waals surface area contributed by atoms with E-state index >= 15 is 0 Å². The first-order valence-corrected chi connectivity index (χ1v) is 34.4. The van der Waals surface area contributed by atoms with E-state index in [-0.39, 0.29) is 106 Å². The standard InChI is InChI=1S/C59H94O32S2.2Na/c1-24(2)18-26(61)19-58(8)34-13-16-57(7)28-10-11-33-55(4,5)35(14-15-56(33,6)27(28)12-17-59(34,57)54(71)90-58)85-52-47(38(65)32(22-80-52)91-93(75,76)77)89-53-48(88-50-40(67)39(66)36(63)30(20-60)83-50)41(68)44(25(3)82-53)86-51-43(70)46(37(64)31(84-51)23-81-92(72,73)74)87-49-42(69)45(78-9)29(62)21-79-49;;/h10,24-25,27,29-53,60,62-70H,11-23H2,1-9H3,(H,72,73,74)(H,75,76,77);;/q;2*+1/p-2/t25-,27-,29-,30-,31-,32-,33+,34-,35+,36-,37-,38+,39+,40-,41+,42-,43-,44-,45+,46+,47-,48-,49+,50+,51+,52+,53+,56-,57+,58+,59-;;/m1../s1. The Balaban J connectivity index is 0.00000578. The molecule has 36 heteroatoms. The molecular weight excluding hydrogens is 1330 g/mol. The molecule has 9 fully saturated rings. The predicted octanol–water partition coefficient (Wildman–Crippen LogP) is -8.69. The topological polar surface area (TPSA) is 480 Å². The molecule has 10 aliphatic rings. The summed E-state index contributed by atoms with van der Waals surface area (Å²) in [6, 6.07) is 0. The molecule has 0 aromatic carbocycles. The van der Waals surface area contributed by atoms with Crippen LogP contribution in [0.15, 0.2) is 11.6 Å². The second kappa shape index (κ2) is 30.5. The number of carbonyl (C=O) groups is 2. The molecule has 31 atom stereocenters. The average molecular weight is 1420 g/mol. The fraction of sp³-hybridized carbons (Fsp3) is 0.932. The number of aliphatic hydroxyl groups is 10. The van der Waals surface area contributed by atoms with Crippen molar-refractivity contribution in [2.75, 3.05) is 33.5 Å². The van der Waals surface area contributed by atoms with Crippen LogP contribution in [0, 0.1) is 45.3 Å². The van der Waals surface area contributed by atoms with Crippen molar-refractivity contribution in [2.24, 2.45) is 45.3 Å². The molecule has 1 spiro atoms. The van der Waals surface area contributed by atoms with Crippen LogP contribution in [-0.2, 0) is 95.6 Å². The van der Waals surface area contributed by atoms with Crippen LogP contribution < -0.4 is 59.1 Å². The number of rotatable bonds is 21. The first-order chi connectivity index (χ1) is 43.3. The second-order valence-electron chi connectivity index (χ2n) is 28.7. The number of aliphatic hydroxyl groups excluding tert-OH is 10. The van der Waals surface area contributed by atoms with E-state index < -0.39 is 216 Å². The summed E-state index contributed by atoms with van der Waals surface area (Å²) in [7, 11) is -9.91. The zero-order valence-electron chi connectivity index (χ0n) is 55.2. The number of esters is 1. The number of ether oxygens (including phenoxy) is 12. The van der Waals surface area contributed by atoms with Gasteiger partial charge in [-0.05, 0) is 87.4 Å². The maximum Gasteiger partial charge on any atom is 1.00 e. The molecule has 6 aliphatic heterocycles. The molecule has 10 rings (SSSR count). The largest absolute Gasteiger partial charge is 1.00 e. The molecule has 0 bridgehead atoms. The quantitative estimate of drug-likeness (QED) is 0.0168. The van der Waals surface area contributed by atoms with Gasteiger partial charge in [-0.2, -0.15) is 0 Å². The minimum Gasteiger partial charge on any atom is -0.726 e. The number of cyclic esters (lactones) is 1. The summed E-state index contributed by atoms with van der Waals surface area (Å²) in [6.07, 6.45) is -37.9. The minimum absolute atomic E-state index is 0. The average Bonchev–Trinajstić information content (AvgIpc) is 1.53. The molecular formula is C59H92Na2O32S2. The summed E-state index contributed by atoms with van der Waals surface area (Å²) in [5.74, 6) is -0.248. The van der Waals surface area contributed by atoms with Gasteiger partial charge < -0.3 is 117 Å². The molecule has 10 N–H and O–H groups in total. The van der Waals surface area contributed by atoms with Gasteiger partial charge in [-0.25, -0.2) is 16.8 Å². The zero-order valence-corrected chi connectivity index (χ0v) is 60.8. The van der Waals surface area contributed by atoms with Gasteiger partial charge in [-0.1, -0.05) is 53.2 Å². The van der Waals surface area contributed by atoms with Gasteiger partial charge in [0, 0.05) is 31.3 Å². The van der Waals surface area contributed by atoms with Crippen LogP contribution in [0.5, 0.6) is 0 Å². The molecule has 0 radical (unpaired) electrons. The molecule has 3 saturated carbocycles. The second-order valence-corrected chi connectivity index (χ2v) is 30.7. The number of hydrogen-bond donors (Lipinski definition) is 10. The minimum atomic E-state index is -5.57. The fourth-order valence-corrected chi connectivity index (χ4v) is 18.5. The number of hydrogen-bond acceptors (Lipinski definition) is 32. The van der Waals surface area contributed by atoms with Crippen molar-refractivity contribution < 1.29 is 211 Å². The van der Waals surface area contributed by atoms with Crippen LogP contribution in [-0.4, -0.2) is 275 Å². The molecule has 6 heterocycles. The first-order valence-electron chi connectivity index (χ1n) is 31.8. The van der Waals surface area contributed by atoms with Crippen LogP contribution in [0.4, 0.5) is 0 Å². The molecule has 0 unspecified atom stereocenters. The number of carbonyl (C=O) groups excluding carboxylic acids is 2. The molecule has 95 heavy (non-hydrogen) atoms. The van der Waals surface area contributed by atoms with Crippen LogP contribution in [0.2, 0.25) is 0 Å². The van der Waals surface area contributed by atoms with E-state index in [1.54, 1.807) is 0 Å². The summed E-state index contributed by atoms with van der Waals surface area (Å²) in [4.78, 5) is 27.8. The van der Waals surface area contributed by atoms with Crippen LogP contribution >= 0.6 is 0 Å². The van der Waals surface area contributed by atoms with E-state index in [9.17, 15) is 86.6 Å². The van der Waals surface area contributed by atoms with Gasteiger partial charge in [-0.3, -0.25) is 18.0 Å². The summed E-state index contributed by atoms with van der Waals surface area (Å²) < 4.78 is 153. The Labute approximate surface area is 596 Å². The summed E-state index contributed by atoms with van der Waals surface area (Å²) in [6.45, 7) is 12.2. The smallest absolute Gasteiger partial charge is 0.726 e. The van der Waals surface area contributed by atoms with Gasteiger partial charge in [0.1, 0.15) is 115 Å². The Morgan fingerprint density at radius 3 is 1.91 bits per heavy atom. The van der Waals surface area contributed by atoms with Gasteiger partial charge in [0.15, 0.2) is 31.5 Å². The van der Waals surface area contributed by atoms with Crippen molar-refractivity contribution in [3.05, 3.63) is 11.6 Å². The monoisotopic (exact) mass is 1420 g/mol. The molecule has 32 nitrogen and oxygen atoms in total. The maximum atomic E-state index is 14.5. The first kappa shape index (κ1) is 80.5. The third-order valence-electron chi connectivity index (χ3n) is 22.2. The number of Topliss-reactive ketones (excluding diaryl/α,β-unsaturated/α-hetero) is 1. The van der Waals surface area contributed by atoms with E-state index in [0.29, 0.717) is 38.5 Å². The summed E-state index contributed by atoms with van der Waals surface area (Å²) in [5, 5.41) is 112. The van der Waals surface area contributed by atoms with Gasteiger partial charge in [0.2, 0.25) is 20.8 Å². The van der Waals surface area contributed by atoms with E-state index in [0.717, 1.165) is 20.0 Å². The van der Waals surface area contributed by atoms with Crippen molar-refractivity contribution in [1.29, 1.82) is 0 Å². The normalized spacial score (nSPS) is 48.2. The van der Waals surface area contributed by atoms with E-state index in [1.807, 2.05) is 34.6 Å². The number of allylic oxidation sites excluding steroid dienone is 2. The number of fused-ring (bicyclic) bond motifs is 4. The van der Waals surface area contributed by atoms with Crippen LogP contribution in [0.25, 0.3) is 0 Å². The SMILES string of the molecule is CO[C@@H]1[C@@H](O)[C@H](O[C@@H]2[C@@H](O)[C@H](O[C@H]3[C@H](O)[C@@H](O[C@@H]4O[C@H](CO)[C@@H](O)[C@H](O)[C@H]4O)[C@H](O[C@H]4[C@H](O[C@H]5CC[C@]6(C)[C@@H]7CC[C@]89C(=O)O[C@@](C)(CC(=O)CC(C)C)[C@H]8CC[C@@]9(C)C7=CC[C@H]6C5(C)C)OC[C@@H](OS(=O)(=O)[O-])[C@@H]4O)O[C@@H]3C)O[C@H](COS(=O)(=O)[O-])[C@H]2O)OC[C@H]1O.[Na+].[Na+]. The van der Waals surface area contributed by atoms with Gasteiger partial charge >= 0.3 is 65.1 Å². The Bertz CT molecular complexity index is 2930. The third kappa shape index (κ3) is 15.4. The summed E-state index contributed by atoms with van der Waals surface area (Å²) in [5.41, 5.74) is -2.18. The zero-order chi connectivity index (χ0) is 68.2. The number of methoxy groups -OCH3 is 1. The molecule has 4 aliphatic carbocycles. The van der Waals surface area contributed by atoms with Gasteiger partial charge in [-0.15, -0.1) is 0 Å². The Morgan fingerprint density at radius 1 is 0.653 bits per heavy atom. The van der Waals surface area contributed by atoms with Gasteiger partial charge in [0.05, 0.1) is 44.1 Å². The maximum absolute atomic E-state index is 14.5. The number of ketones is 1. The van der Waals surface area contributed by atoms with Crippen molar-refractivity contribution in [3.63, 3.8) is 0 Å². The van der Waals surface area contributed by atoms with Crippen LogP contribution in [0.3, 0.4) is 0 Å². The molecule has 0 aromatic heterocycles. The van der Waals surface area contributed by atoms with Gasteiger partial charge in [0.25, 0.3) is 0 Å². The molecule has 6 saturated heterocycles. The van der Waals surface area contributed by atoms with Crippen molar-refractivity contribution in [1.82, 2.24) is 0 Å². The Hall–Kier alpha value is -0.220. The molecule has 534 valence electrons. The molecule has 0 aromatic rings.